The van der Waals surface area contributed by atoms with Crippen molar-refractivity contribution in [1.29, 1.82) is 0 Å². The van der Waals surface area contributed by atoms with Crippen molar-refractivity contribution in [2.75, 3.05) is 5.32 Å². The first-order valence-corrected chi connectivity index (χ1v) is 11.9. The van der Waals surface area contributed by atoms with Crippen LogP contribution in [0.4, 0.5) is 5.69 Å². The highest BCUT2D eigenvalue weighted by Crippen LogP contribution is 2.27. The van der Waals surface area contributed by atoms with Gasteiger partial charge in [-0.15, -0.1) is 0 Å². The summed E-state index contributed by atoms with van der Waals surface area (Å²) in [6.07, 6.45) is 0. The SMILES string of the molecule is Cc1cc(C(=O)Nc2ccc(Br)cc2)n(-c2ccc(-c3ccccc3S(N)(=O)=O)cc2)n1. The van der Waals surface area contributed by atoms with Crippen molar-refractivity contribution in [3.05, 3.63) is 94.7 Å². The molecule has 32 heavy (non-hydrogen) atoms. The van der Waals surface area contributed by atoms with Gasteiger partial charge in [-0.25, -0.2) is 18.2 Å². The summed E-state index contributed by atoms with van der Waals surface area (Å²) in [4.78, 5) is 12.9. The number of carbonyl (C=O) groups excluding carboxylic acids is 1. The molecule has 0 aliphatic heterocycles. The first kappa shape index (κ1) is 21.9. The van der Waals surface area contributed by atoms with Gasteiger partial charge in [0, 0.05) is 15.7 Å². The predicted molar refractivity (Wildman–Crippen MR) is 127 cm³/mol. The molecule has 1 amide bonds. The van der Waals surface area contributed by atoms with Crippen LogP contribution >= 0.6 is 15.9 Å². The maximum absolute atomic E-state index is 12.9. The van der Waals surface area contributed by atoms with Gasteiger partial charge in [-0.2, -0.15) is 5.10 Å². The summed E-state index contributed by atoms with van der Waals surface area (Å²) < 4.78 is 26.3. The van der Waals surface area contributed by atoms with Gasteiger partial charge in [0.25, 0.3) is 5.91 Å². The fraction of sp³-hybridized carbons (Fsp3) is 0.0435. The van der Waals surface area contributed by atoms with E-state index in [-0.39, 0.29) is 10.8 Å². The number of carbonyl (C=O) groups is 1. The van der Waals surface area contributed by atoms with Crippen LogP contribution in [-0.2, 0) is 10.0 Å². The number of nitrogens with two attached hydrogens (primary N) is 1. The second-order valence-electron chi connectivity index (χ2n) is 7.13. The normalized spacial score (nSPS) is 11.3. The average molecular weight is 511 g/mol. The summed E-state index contributed by atoms with van der Waals surface area (Å²) in [5.41, 5.74) is 3.58. The van der Waals surface area contributed by atoms with Crippen LogP contribution in [0.2, 0.25) is 0 Å². The summed E-state index contributed by atoms with van der Waals surface area (Å²) in [6.45, 7) is 1.81. The number of sulfonamides is 1. The van der Waals surface area contributed by atoms with Crippen LogP contribution in [0.3, 0.4) is 0 Å². The highest BCUT2D eigenvalue weighted by Gasteiger charge is 2.17. The molecule has 1 aromatic heterocycles. The Hall–Kier alpha value is -3.27. The summed E-state index contributed by atoms with van der Waals surface area (Å²) in [7, 11) is -3.86. The fourth-order valence-electron chi connectivity index (χ4n) is 3.32. The van der Waals surface area contributed by atoms with E-state index in [0.29, 0.717) is 33.9 Å². The van der Waals surface area contributed by atoms with Gasteiger partial charge in [-0.3, -0.25) is 4.79 Å². The Kier molecular flexibility index (Phi) is 5.96. The van der Waals surface area contributed by atoms with Crippen LogP contribution in [0.1, 0.15) is 16.2 Å². The van der Waals surface area contributed by atoms with Crippen LogP contribution < -0.4 is 10.5 Å². The van der Waals surface area contributed by atoms with Crippen molar-refractivity contribution in [2.45, 2.75) is 11.8 Å². The third kappa shape index (κ3) is 4.64. The lowest BCUT2D eigenvalue weighted by Gasteiger charge is -2.11. The summed E-state index contributed by atoms with van der Waals surface area (Å²) in [5.74, 6) is -0.295. The second kappa shape index (κ2) is 8.70. The molecule has 7 nitrogen and oxygen atoms in total. The Morgan fingerprint density at radius 2 is 1.66 bits per heavy atom. The summed E-state index contributed by atoms with van der Waals surface area (Å²) in [6, 6.07) is 22.6. The average Bonchev–Trinajstić information content (AvgIpc) is 3.17. The Bertz CT molecular complexity index is 1400. The first-order chi connectivity index (χ1) is 15.2. The maximum atomic E-state index is 12.9. The topological polar surface area (TPSA) is 107 Å². The van der Waals surface area contributed by atoms with Crippen LogP contribution in [0.25, 0.3) is 16.8 Å². The van der Waals surface area contributed by atoms with Gasteiger partial charge in [0.15, 0.2) is 0 Å². The lowest BCUT2D eigenvalue weighted by molar-refractivity contribution is 0.101. The van der Waals surface area contributed by atoms with E-state index in [1.807, 2.05) is 19.1 Å². The smallest absolute Gasteiger partial charge is 0.274 e. The van der Waals surface area contributed by atoms with Crippen LogP contribution in [0.15, 0.2) is 88.2 Å². The zero-order valence-electron chi connectivity index (χ0n) is 17.0. The van der Waals surface area contributed by atoms with E-state index in [9.17, 15) is 13.2 Å². The zero-order valence-corrected chi connectivity index (χ0v) is 19.4. The van der Waals surface area contributed by atoms with E-state index in [1.165, 1.54) is 6.07 Å². The molecule has 0 unspecified atom stereocenters. The highest BCUT2D eigenvalue weighted by atomic mass is 79.9. The number of hydrogen-bond acceptors (Lipinski definition) is 4. The molecule has 0 bridgehead atoms. The number of primary sulfonamides is 1. The summed E-state index contributed by atoms with van der Waals surface area (Å²) >= 11 is 3.37. The molecule has 0 fully saturated rings. The standard InChI is InChI=1S/C23H19BrN4O3S/c1-15-14-21(23(29)26-18-10-8-17(24)9-11-18)28(27-15)19-12-6-16(7-13-19)20-4-2-3-5-22(20)32(25,30)31/h2-14H,1H3,(H,26,29)(H2,25,30,31). The van der Waals surface area contributed by atoms with Crippen molar-refractivity contribution in [1.82, 2.24) is 9.78 Å². The summed E-state index contributed by atoms with van der Waals surface area (Å²) in [5, 5.41) is 12.7. The largest absolute Gasteiger partial charge is 0.321 e. The molecule has 3 aromatic carbocycles. The van der Waals surface area contributed by atoms with E-state index in [1.54, 1.807) is 65.3 Å². The molecule has 4 rings (SSSR count). The number of hydrogen-bond donors (Lipinski definition) is 2. The molecule has 162 valence electrons. The van der Waals surface area contributed by atoms with Gasteiger partial charge in [0.1, 0.15) is 5.69 Å². The monoisotopic (exact) mass is 510 g/mol. The quantitative estimate of drug-likeness (QED) is 0.411. The Morgan fingerprint density at radius 3 is 2.31 bits per heavy atom. The molecule has 0 aliphatic rings. The molecular weight excluding hydrogens is 492 g/mol. The van der Waals surface area contributed by atoms with Crippen molar-refractivity contribution in [3.63, 3.8) is 0 Å². The minimum Gasteiger partial charge on any atom is -0.321 e. The minimum atomic E-state index is -3.86. The third-order valence-electron chi connectivity index (χ3n) is 4.78. The molecule has 0 spiro atoms. The first-order valence-electron chi connectivity index (χ1n) is 9.58. The van der Waals surface area contributed by atoms with Gasteiger partial charge in [-0.05, 0) is 61.0 Å². The second-order valence-corrected chi connectivity index (χ2v) is 9.58. The highest BCUT2D eigenvalue weighted by molar-refractivity contribution is 9.10. The molecule has 0 radical (unpaired) electrons. The van der Waals surface area contributed by atoms with Crippen molar-refractivity contribution in [2.24, 2.45) is 5.14 Å². The van der Waals surface area contributed by atoms with Crippen molar-refractivity contribution >= 4 is 37.5 Å². The van der Waals surface area contributed by atoms with Gasteiger partial charge in [0.2, 0.25) is 10.0 Å². The Morgan fingerprint density at radius 1 is 1.00 bits per heavy atom. The Labute approximate surface area is 194 Å². The van der Waals surface area contributed by atoms with E-state index in [4.69, 9.17) is 5.14 Å². The molecule has 0 atom stereocenters. The minimum absolute atomic E-state index is 0.0530. The number of rotatable bonds is 5. The number of nitrogens with one attached hydrogen (secondary N) is 1. The molecule has 1 heterocycles. The molecule has 0 saturated heterocycles. The molecule has 9 heteroatoms. The Balaban J connectivity index is 1.66. The maximum Gasteiger partial charge on any atom is 0.274 e. The number of nitrogens with zero attached hydrogens (tertiary/aromatic N) is 2. The van der Waals surface area contributed by atoms with Gasteiger partial charge in [0.05, 0.1) is 16.3 Å². The van der Waals surface area contributed by atoms with Crippen LogP contribution in [0, 0.1) is 6.92 Å². The number of halogens is 1. The zero-order chi connectivity index (χ0) is 22.9. The number of amides is 1. The van der Waals surface area contributed by atoms with E-state index < -0.39 is 10.0 Å². The fourth-order valence-corrected chi connectivity index (χ4v) is 4.35. The van der Waals surface area contributed by atoms with E-state index in [0.717, 1.165) is 4.47 Å². The van der Waals surface area contributed by atoms with Crippen LogP contribution in [0.5, 0.6) is 0 Å². The number of benzene rings is 3. The third-order valence-corrected chi connectivity index (χ3v) is 6.28. The molecule has 0 aliphatic carbocycles. The van der Waals surface area contributed by atoms with Crippen LogP contribution in [-0.4, -0.2) is 24.1 Å². The lowest BCUT2D eigenvalue weighted by atomic mass is 10.1. The molecule has 3 N–H and O–H groups in total. The van der Waals surface area contributed by atoms with Crippen molar-refractivity contribution in [3.8, 4) is 16.8 Å². The van der Waals surface area contributed by atoms with E-state index >= 15 is 0 Å². The van der Waals surface area contributed by atoms with Gasteiger partial charge in [-0.1, -0.05) is 46.3 Å². The van der Waals surface area contributed by atoms with Gasteiger partial charge < -0.3 is 5.32 Å². The number of aryl methyl sites for hydroxylation is 1. The van der Waals surface area contributed by atoms with Gasteiger partial charge >= 0.3 is 0 Å². The number of aromatic nitrogens is 2. The molecular formula is C23H19BrN4O3S. The number of anilines is 1. The van der Waals surface area contributed by atoms with E-state index in [2.05, 4.69) is 26.3 Å². The lowest BCUT2D eigenvalue weighted by Crippen LogP contribution is -2.17. The van der Waals surface area contributed by atoms with Crippen molar-refractivity contribution < 1.29 is 13.2 Å². The molecule has 4 aromatic rings. The predicted octanol–water partition coefficient (Wildman–Crippen LogP) is 4.51. The molecule has 0 saturated carbocycles.